The third-order valence-electron chi connectivity index (χ3n) is 4.13. The van der Waals surface area contributed by atoms with Gasteiger partial charge in [0, 0.05) is 25.5 Å². The molecule has 0 aliphatic carbocycles. The number of nitrogens with two attached hydrogens (primary N) is 1. The molecule has 140 valence electrons. The van der Waals surface area contributed by atoms with Crippen molar-refractivity contribution in [2.45, 2.75) is 12.8 Å². The molecule has 0 bridgehead atoms. The lowest BCUT2D eigenvalue weighted by Crippen LogP contribution is -2.27. The van der Waals surface area contributed by atoms with Crippen LogP contribution in [-0.4, -0.2) is 31.2 Å². The molecular formula is C21H23N3O3. The van der Waals surface area contributed by atoms with E-state index in [0.717, 1.165) is 28.0 Å². The van der Waals surface area contributed by atoms with Crippen molar-refractivity contribution in [1.82, 2.24) is 10.3 Å². The fraction of sp³-hybridized carbons (Fsp3) is 0.238. The summed E-state index contributed by atoms with van der Waals surface area (Å²) in [6.45, 7) is 0.997. The maximum atomic E-state index is 11.9. The van der Waals surface area contributed by atoms with Crippen LogP contribution in [0.15, 0.2) is 54.6 Å². The summed E-state index contributed by atoms with van der Waals surface area (Å²) in [5.41, 5.74) is 7.70. The van der Waals surface area contributed by atoms with E-state index < -0.39 is 0 Å². The van der Waals surface area contributed by atoms with Gasteiger partial charge in [-0.1, -0.05) is 18.2 Å². The van der Waals surface area contributed by atoms with Gasteiger partial charge in [-0.05, 0) is 48.4 Å². The van der Waals surface area contributed by atoms with E-state index in [4.69, 9.17) is 15.2 Å². The molecule has 0 aliphatic rings. The minimum Gasteiger partial charge on any atom is -0.457 e. The molecule has 0 atom stereocenters. The number of hydrogen-bond donors (Lipinski definition) is 2. The second-order valence-corrected chi connectivity index (χ2v) is 6.15. The first-order valence-electron chi connectivity index (χ1n) is 8.83. The quantitative estimate of drug-likeness (QED) is 0.598. The first-order valence-corrected chi connectivity index (χ1v) is 8.83. The van der Waals surface area contributed by atoms with Crippen LogP contribution in [-0.2, 0) is 16.0 Å². The number of ether oxygens (including phenoxy) is 2. The van der Waals surface area contributed by atoms with Gasteiger partial charge in [0.05, 0.1) is 12.1 Å². The number of amides is 1. The second-order valence-electron chi connectivity index (χ2n) is 6.15. The molecule has 0 radical (unpaired) electrons. The number of aromatic nitrogens is 1. The number of rotatable bonds is 8. The van der Waals surface area contributed by atoms with Crippen LogP contribution in [0, 0.1) is 0 Å². The monoisotopic (exact) mass is 365 g/mol. The maximum Gasteiger partial charge on any atom is 0.220 e. The van der Waals surface area contributed by atoms with E-state index in [9.17, 15) is 4.79 Å². The van der Waals surface area contributed by atoms with Crippen molar-refractivity contribution < 1.29 is 14.3 Å². The Balaban J connectivity index is 1.72. The van der Waals surface area contributed by atoms with Gasteiger partial charge in [-0.2, -0.15) is 0 Å². The third-order valence-corrected chi connectivity index (χ3v) is 4.13. The van der Waals surface area contributed by atoms with E-state index in [-0.39, 0.29) is 5.91 Å². The number of carbonyl (C=O) groups excluding carboxylic acids is 1. The Labute approximate surface area is 158 Å². The Kier molecular flexibility index (Phi) is 6.22. The number of aryl methyl sites for hydroxylation is 1. The van der Waals surface area contributed by atoms with Gasteiger partial charge in [-0.3, -0.25) is 4.79 Å². The molecule has 6 heteroatoms. The lowest BCUT2D eigenvalue weighted by atomic mass is 10.1. The average Bonchev–Trinajstić information content (AvgIpc) is 2.67. The molecule has 6 nitrogen and oxygen atoms in total. The molecule has 27 heavy (non-hydrogen) atoms. The number of fused-ring (bicyclic) bond motifs is 1. The molecule has 3 aromatic rings. The number of benzene rings is 2. The zero-order chi connectivity index (χ0) is 19.1. The highest BCUT2D eigenvalue weighted by Gasteiger charge is 2.08. The highest BCUT2D eigenvalue weighted by molar-refractivity contribution is 5.83. The topological polar surface area (TPSA) is 86.5 Å². The van der Waals surface area contributed by atoms with Gasteiger partial charge in [0.2, 0.25) is 5.91 Å². The van der Waals surface area contributed by atoms with E-state index in [1.165, 1.54) is 0 Å². The van der Waals surface area contributed by atoms with Gasteiger partial charge >= 0.3 is 0 Å². The average molecular weight is 365 g/mol. The molecule has 1 amide bonds. The van der Waals surface area contributed by atoms with Crippen molar-refractivity contribution in [1.29, 1.82) is 0 Å². The number of carbonyl (C=O) groups is 1. The van der Waals surface area contributed by atoms with E-state index in [1.54, 1.807) is 7.11 Å². The van der Waals surface area contributed by atoms with Crippen LogP contribution < -0.4 is 15.8 Å². The Morgan fingerprint density at radius 2 is 1.93 bits per heavy atom. The summed E-state index contributed by atoms with van der Waals surface area (Å²) in [5, 5.41) is 3.73. The van der Waals surface area contributed by atoms with Crippen molar-refractivity contribution in [3.05, 3.63) is 60.2 Å². The van der Waals surface area contributed by atoms with E-state index >= 15 is 0 Å². The Bertz CT molecular complexity index is 913. The van der Waals surface area contributed by atoms with Crippen LogP contribution in [0.2, 0.25) is 0 Å². The molecule has 2 aromatic carbocycles. The number of anilines is 1. The van der Waals surface area contributed by atoms with E-state index in [0.29, 0.717) is 31.8 Å². The predicted octanol–water partition coefficient (Wildman–Crippen LogP) is 3.30. The van der Waals surface area contributed by atoms with Crippen LogP contribution in [0.4, 0.5) is 5.82 Å². The van der Waals surface area contributed by atoms with Crippen LogP contribution in [0.5, 0.6) is 11.5 Å². The zero-order valence-corrected chi connectivity index (χ0v) is 15.3. The summed E-state index contributed by atoms with van der Waals surface area (Å²) in [5.74, 6) is 1.91. The second kappa shape index (κ2) is 9.00. The summed E-state index contributed by atoms with van der Waals surface area (Å²) >= 11 is 0. The minimum absolute atomic E-state index is 0.0345. The molecule has 1 heterocycles. The summed E-state index contributed by atoms with van der Waals surface area (Å²) in [6, 6.07) is 17.2. The van der Waals surface area contributed by atoms with Crippen molar-refractivity contribution in [3.8, 4) is 11.5 Å². The number of nitrogens with one attached hydrogen (secondary N) is 1. The molecule has 3 rings (SSSR count). The molecule has 1 aromatic heterocycles. The predicted molar refractivity (Wildman–Crippen MR) is 106 cm³/mol. The lowest BCUT2D eigenvalue weighted by molar-refractivity contribution is -0.121. The molecular weight excluding hydrogens is 342 g/mol. The molecule has 0 aliphatic heterocycles. The molecule has 0 unspecified atom stereocenters. The molecule has 0 fully saturated rings. The number of pyridine rings is 1. The fourth-order valence-electron chi connectivity index (χ4n) is 2.73. The Morgan fingerprint density at radius 1 is 1.11 bits per heavy atom. The number of methoxy groups -OCH3 is 1. The Morgan fingerprint density at radius 3 is 2.70 bits per heavy atom. The van der Waals surface area contributed by atoms with E-state index in [2.05, 4.69) is 10.3 Å². The largest absolute Gasteiger partial charge is 0.457 e. The van der Waals surface area contributed by atoms with Gasteiger partial charge in [0.15, 0.2) is 0 Å². The maximum absolute atomic E-state index is 11.9. The SMILES string of the molecule is COCCNC(=O)CCc1cc2cc(Oc3ccccc3)ccc2nc1N. The number of nitrogens with zero attached hydrogens (tertiary/aromatic N) is 1. The Hall–Kier alpha value is -3.12. The van der Waals surface area contributed by atoms with Gasteiger partial charge in [-0.15, -0.1) is 0 Å². The number of nitrogen functional groups attached to an aromatic ring is 1. The van der Waals surface area contributed by atoms with Gasteiger partial charge < -0.3 is 20.5 Å². The number of para-hydroxylation sites is 1. The van der Waals surface area contributed by atoms with Gasteiger partial charge in [0.1, 0.15) is 17.3 Å². The summed E-state index contributed by atoms with van der Waals surface area (Å²) in [6.07, 6.45) is 0.874. The van der Waals surface area contributed by atoms with Crippen LogP contribution in [0.3, 0.4) is 0 Å². The molecule has 0 saturated heterocycles. The smallest absolute Gasteiger partial charge is 0.220 e. The highest BCUT2D eigenvalue weighted by Crippen LogP contribution is 2.27. The minimum atomic E-state index is -0.0345. The van der Waals surface area contributed by atoms with Gasteiger partial charge in [0.25, 0.3) is 0 Å². The normalized spacial score (nSPS) is 10.7. The highest BCUT2D eigenvalue weighted by atomic mass is 16.5. The summed E-state index contributed by atoms with van der Waals surface area (Å²) in [4.78, 5) is 16.3. The van der Waals surface area contributed by atoms with Crippen molar-refractivity contribution in [2.75, 3.05) is 26.0 Å². The lowest BCUT2D eigenvalue weighted by Gasteiger charge is -2.10. The molecule has 0 spiro atoms. The summed E-state index contributed by atoms with van der Waals surface area (Å²) < 4.78 is 10.8. The fourth-order valence-corrected chi connectivity index (χ4v) is 2.73. The first-order chi connectivity index (χ1) is 13.2. The van der Waals surface area contributed by atoms with Crippen molar-refractivity contribution in [2.24, 2.45) is 0 Å². The third kappa shape index (κ3) is 5.18. The van der Waals surface area contributed by atoms with Crippen molar-refractivity contribution in [3.63, 3.8) is 0 Å². The van der Waals surface area contributed by atoms with Gasteiger partial charge in [-0.25, -0.2) is 4.98 Å². The standard InChI is InChI=1S/C21H23N3O3/c1-26-12-11-23-20(25)10-7-15-13-16-14-18(8-9-19(16)24-21(15)22)27-17-5-3-2-4-6-17/h2-6,8-9,13-14H,7,10-12H2,1H3,(H2,22,24)(H,23,25). The molecule has 0 saturated carbocycles. The van der Waals surface area contributed by atoms with Crippen LogP contribution in [0.25, 0.3) is 10.9 Å². The number of hydrogen-bond acceptors (Lipinski definition) is 5. The van der Waals surface area contributed by atoms with Crippen molar-refractivity contribution >= 4 is 22.6 Å². The van der Waals surface area contributed by atoms with Crippen LogP contribution >= 0.6 is 0 Å². The first kappa shape index (κ1) is 18.7. The molecule has 3 N–H and O–H groups in total. The van der Waals surface area contributed by atoms with E-state index in [1.807, 2.05) is 54.6 Å². The van der Waals surface area contributed by atoms with Crippen LogP contribution in [0.1, 0.15) is 12.0 Å². The zero-order valence-electron chi connectivity index (χ0n) is 15.3. The summed E-state index contributed by atoms with van der Waals surface area (Å²) in [7, 11) is 1.60.